The third-order valence-corrected chi connectivity index (χ3v) is 6.39. The molecule has 3 aromatic rings. The van der Waals surface area contributed by atoms with Gasteiger partial charge in [0, 0.05) is 17.7 Å². The maximum atomic E-state index is 12.5. The van der Waals surface area contributed by atoms with Gasteiger partial charge in [0.25, 0.3) is 5.22 Å². The zero-order valence-corrected chi connectivity index (χ0v) is 19.3. The fourth-order valence-electron chi connectivity index (χ4n) is 3.83. The number of carbonyl (C=O) groups is 1. The second-order valence-corrected chi connectivity index (χ2v) is 9.80. The maximum Gasteiger partial charge on any atom is 0.277 e. The van der Waals surface area contributed by atoms with E-state index in [1.54, 1.807) is 0 Å². The number of fused-ring (bicyclic) bond motifs is 1. The Balaban J connectivity index is 1.44. The lowest BCUT2D eigenvalue weighted by molar-refractivity contribution is -0.119. The van der Waals surface area contributed by atoms with Crippen molar-refractivity contribution in [2.75, 3.05) is 5.75 Å². The van der Waals surface area contributed by atoms with E-state index in [0.29, 0.717) is 17.5 Å². The van der Waals surface area contributed by atoms with Crippen LogP contribution in [0.15, 0.2) is 40.1 Å². The van der Waals surface area contributed by atoms with Crippen LogP contribution >= 0.6 is 11.8 Å². The van der Waals surface area contributed by atoms with E-state index in [1.165, 1.54) is 23.0 Å². The largest absolute Gasteiger partial charge is 0.416 e. The van der Waals surface area contributed by atoms with Crippen LogP contribution in [0, 0.1) is 0 Å². The minimum atomic E-state index is -0.0404. The van der Waals surface area contributed by atoms with Gasteiger partial charge < -0.3 is 9.73 Å². The van der Waals surface area contributed by atoms with Gasteiger partial charge in [0.1, 0.15) is 0 Å². The Labute approximate surface area is 187 Å². The minimum Gasteiger partial charge on any atom is -0.416 e. The van der Waals surface area contributed by atoms with E-state index in [9.17, 15) is 4.79 Å². The number of thioether (sulfide) groups is 1. The lowest BCUT2D eigenvalue weighted by Crippen LogP contribution is -2.32. The molecule has 0 aliphatic heterocycles. The van der Waals surface area contributed by atoms with E-state index < -0.39 is 0 Å². The highest BCUT2D eigenvalue weighted by molar-refractivity contribution is 7.99. The van der Waals surface area contributed by atoms with Gasteiger partial charge in [0.15, 0.2) is 0 Å². The first-order valence-corrected chi connectivity index (χ1v) is 11.8. The van der Waals surface area contributed by atoms with Crippen molar-refractivity contribution < 1.29 is 9.21 Å². The van der Waals surface area contributed by atoms with Crippen LogP contribution in [-0.4, -0.2) is 31.6 Å². The van der Waals surface area contributed by atoms with E-state index in [0.717, 1.165) is 30.5 Å². The summed E-state index contributed by atoms with van der Waals surface area (Å²) in [7, 11) is 0. The third-order valence-electron chi connectivity index (χ3n) is 5.57. The summed E-state index contributed by atoms with van der Waals surface area (Å²) < 4.78 is 7.47. The first-order chi connectivity index (χ1) is 14.8. The molecular weight excluding hydrogens is 410 g/mol. The van der Waals surface area contributed by atoms with Crippen LogP contribution in [0.5, 0.6) is 0 Å². The Morgan fingerprint density at radius 1 is 1.26 bits per heavy atom. The van der Waals surface area contributed by atoms with Crippen molar-refractivity contribution >= 4 is 17.7 Å². The van der Waals surface area contributed by atoms with Crippen molar-refractivity contribution in [1.29, 1.82) is 0 Å². The molecule has 1 atom stereocenters. The molecule has 1 unspecified atom stereocenters. The Morgan fingerprint density at radius 2 is 2.03 bits per heavy atom. The van der Waals surface area contributed by atoms with Gasteiger partial charge in [-0.3, -0.25) is 4.79 Å². The summed E-state index contributed by atoms with van der Waals surface area (Å²) in [5.41, 5.74) is 4.76. The number of rotatable bonds is 6. The second-order valence-electron chi connectivity index (χ2n) is 8.87. The van der Waals surface area contributed by atoms with E-state index in [1.807, 2.05) is 17.8 Å². The Kier molecular flexibility index (Phi) is 6.18. The Bertz CT molecular complexity index is 1050. The summed E-state index contributed by atoms with van der Waals surface area (Å²) in [5, 5.41) is 16.1. The molecule has 7 nitrogen and oxygen atoms in total. The molecule has 1 aromatic carbocycles. The predicted octanol–water partition coefficient (Wildman–Crippen LogP) is 4.40. The average Bonchev–Trinajstić information content (AvgIpc) is 3.39. The van der Waals surface area contributed by atoms with E-state index in [4.69, 9.17) is 4.42 Å². The van der Waals surface area contributed by atoms with Crippen LogP contribution < -0.4 is 5.32 Å². The lowest BCUT2D eigenvalue weighted by atomic mass is 9.87. The van der Waals surface area contributed by atoms with Crippen LogP contribution in [0.1, 0.15) is 69.3 Å². The first-order valence-electron chi connectivity index (χ1n) is 10.8. The molecule has 1 N–H and O–H groups in total. The second kappa shape index (κ2) is 8.86. The van der Waals surface area contributed by atoms with Crippen molar-refractivity contribution in [3.05, 3.63) is 53.2 Å². The average molecular weight is 440 g/mol. The highest BCUT2D eigenvalue weighted by Gasteiger charge is 2.26. The lowest BCUT2D eigenvalue weighted by Gasteiger charge is -2.24. The number of benzene rings is 1. The normalized spacial score (nSPS) is 16.2. The predicted molar refractivity (Wildman–Crippen MR) is 120 cm³/mol. The summed E-state index contributed by atoms with van der Waals surface area (Å²) in [6, 6.07) is 8.57. The van der Waals surface area contributed by atoms with Crippen molar-refractivity contribution in [2.45, 2.75) is 70.1 Å². The smallest absolute Gasteiger partial charge is 0.277 e. The molecule has 0 saturated carbocycles. The Hall–Kier alpha value is -2.61. The van der Waals surface area contributed by atoms with Crippen LogP contribution in [0.2, 0.25) is 0 Å². The molecule has 2 aromatic heterocycles. The van der Waals surface area contributed by atoms with Gasteiger partial charge >= 0.3 is 0 Å². The molecule has 0 spiro atoms. The summed E-state index contributed by atoms with van der Waals surface area (Å²) in [6.45, 7) is 8.59. The molecule has 0 bridgehead atoms. The van der Waals surface area contributed by atoms with Gasteiger partial charge in [-0.05, 0) is 42.4 Å². The number of hydrogen-bond acceptors (Lipinski definition) is 6. The van der Waals surface area contributed by atoms with Gasteiger partial charge in [0.2, 0.25) is 11.8 Å². The van der Waals surface area contributed by atoms with Crippen LogP contribution in [0.25, 0.3) is 5.69 Å². The summed E-state index contributed by atoms with van der Waals surface area (Å²) in [6.07, 6.45) is 5.47. The van der Waals surface area contributed by atoms with E-state index in [-0.39, 0.29) is 23.1 Å². The third kappa shape index (κ3) is 4.84. The fraction of sp³-hybridized carbons (Fsp3) is 0.478. The SMILES string of the molecule is CCc1nnc(SCC(=O)NC2CCCc3c2cnn3-c2ccc(C(C)(C)C)cc2)o1. The number of aryl methyl sites for hydroxylation is 1. The fourth-order valence-corrected chi connectivity index (χ4v) is 4.43. The zero-order valence-electron chi connectivity index (χ0n) is 18.5. The van der Waals surface area contributed by atoms with Crippen LogP contribution in [-0.2, 0) is 23.1 Å². The molecule has 4 rings (SSSR count). The number of hydrogen-bond donors (Lipinski definition) is 1. The number of nitrogens with zero attached hydrogens (tertiary/aromatic N) is 4. The van der Waals surface area contributed by atoms with Gasteiger partial charge in [-0.25, -0.2) is 4.68 Å². The Morgan fingerprint density at radius 3 is 2.71 bits per heavy atom. The standard InChI is InChI=1S/C23H29N5O2S/c1-5-21-26-27-22(30-21)31-14-20(29)25-18-7-6-8-19-17(18)13-24-28(19)16-11-9-15(10-12-16)23(2,3)4/h9-13,18H,5-8,14H2,1-4H3,(H,25,29). The molecule has 164 valence electrons. The van der Waals surface area contributed by atoms with Gasteiger partial charge in [-0.1, -0.05) is 51.6 Å². The number of nitrogens with one attached hydrogen (secondary N) is 1. The molecule has 2 heterocycles. The highest BCUT2D eigenvalue weighted by Crippen LogP contribution is 2.32. The van der Waals surface area contributed by atoms with Crippen molar-refractivity contribution in [1.82, 2.24) is 25.3 Å². The molecule has 31 heavy (non-hydrogen) atoms. The van der Waals surface area contributed by atoms with Gasteiger partial charge in [0.05, 0.1) is 23.7 Å². The maximum absolute atomic E-state index is 12.5. The first kappa shape index (κ1) is 21.6. The molecular formula is C23H29N5O2S. The number of amides is 1. The topological polar surface area (TPSA) is 85.8 Å². The zero-order chi connectivity index (χ0) is 22.0. The van der Waals surface area contributed by atoms with Crippen LogP contribution in [0.4, 0.5) is 0 Å². The number of aromatic nitrogens is 4. The quantitative estimate of drug-likeness (QED) is 0.573. The van der Waals surface area contributed by atoms with E-state index >= 15 is 0 Å². The summed E-state index contributed by atoms with van der Waals surface area (Å²) >= 11 is 1.27. The van der Waals surface area contributed by atoms with Gasteiger partial charge in [-0.15, -0.1) is 10.2 Å². The van der Waals surface area contributed by atoms with Crippen molar-refractivity contribution in [3.63, 3.8) is 0 Å². The summed E-state index contributed by atoms with van der Waals surface area (Å²) in [5.74, 6) is 0.795. The van der Waals surface area contributed by atoms with Crippen LogP contribution in [0.3, 0.4) is 0 Å². The highest BCUT2D eigenvalue weighted by atomic mass is 32.2. The van der Waals surface area contributed by atoms with Gasteiger partial charge in [-0.2, -0.15) is 5.10 Å². The molecule has 0 saturated heterocycles. The molecule has 1 aliphatic carbocycles. The molecule has 1 aliphatic rings. The van der Waals surface area contributed by atoms with Crippen molar-refractivity contribution in [2.24, 2.45) is 0 Å². The van der Waals surface area contributed by atoms with Crippen molar-refractivity contribution in [3.8, 4) is 5.69 Å². The molecule has 1 amide bonds. The molecule has 0 fully saturated rings. The van der Waals surface area contributed by atoms with E-state index in [2.05, 4.69) is 65.6 Å². The summed E-state index contributed by atoms with van der Waals surface area (Å²) in [4.78, 5) is 12.5. The monoisotopic (exact) mass is 439 g/mol. The minimum absolute atomic E-state index is 0.0201. The number of carbonyl (C=O) groups excluding carboxylic acids is 1. The molecule has 0 radical (unpaired) electrons. The molecule has 8 heteroatoms.